The second kappa shape index (κ2) is 7.89. The lowest BCUT2D eigenvalue weighted by Crippen LogP contribution is -2.26. The normalized spacial score (nSPS) is 17.7. The predicted octanol–water partition coefficient (Wildman–Crippen LogP) is 2.44. The van der Waals surface area contributed by atoms with Gasteiger partial charge in [-0.3, -0.25) is 0 Å². The molecule has 0 spiro atoms. The summed E-state index contributed by atoms with van der Waals surface area (Å²) in [7, 11) is 4.52. The molecule has 0 radical (unpaired) electrons. The average molecular weight is 310 g/mol. The molecule has 0 aliphatic carbocycles. The van der Waals surface area contributed by atoms with Crippen molar-refractivity contribution in [1.82, 2.24) is 0 Å². The smallest absolute Gasteiger partial charge is 0.342 e. The molecule has 1 heterocycles. The van der Waals surface area contributed by atoms with Gasteiger partial charge < -0.3 is 23.7 Å². The quantitative estimate of drug-likeness (QED) is 0.752. The van der Waals surface area contributed by atoms with Gasteiger partial charge in [0.15, 0.2) is 11.5 Å². The Balaban J connectivity index is 2.10. The molecular weight excluding hydrogens is 288 g/mol. The standard InChI is InChI=1S/C16H22O6/c1-18-13-9-15(20-3)14(19-2)8-12(13)16(17)22-10-11-6-4-5-7-21-11/h8-9,11H,4-7,10H2,1-3H3/t11-/m0/s1. The highest BCUT2D eigenvalue weighted by Crippen LogP contribution is 2.35. The maximum Gasteiger partial charge on any atom is 0.342 e. The number of rotatable bonds is 6. The van der Waals surface area contributed by atoms with Crippen LogP contribution < -0.4 is 14.2 Å². The first-order valence-corrected chi connectivity index (χ1v) is 7.28. The van der Waals surface area contributed by atoms with Crippen molar-refractivity contribution in [3.63, 3.8) is 0 Å². The summed E-state index contributed by atoms with van der Waals surface area (Å²) in [5.74, 6) is 0.856. The first-order valence-electron chi connectivity index (χ1n) is 7.28. The van der Waals surface area contributed by atoms with E-state index in [9.17, 15) is 4.79 Å². The third-order valence-electron chi connectivity index (χ3n) is 3.60. The SMILES string of the molecule is COc1cc(OC)c(C(=O)OC[C@@H]2CCCCO2)cc1OC. The number of hydrogen-bond donors (Lipinski definition) is 0. The van der Waals surface area contributed by atoms with Gasteiger partial charge in [-0.05, 0) is 19.3 Å². The Hall–Kier alpha value is -1.95. The third kappa shape index (κ3) is 3.82. The lowest BCUT2D eigenvalue weighted by atomic mass is 10.1. The first kappa shape index (κ1) is 16.4. The van der Waals surface area contributed by atoms with Crippen molar-refractivity contribution >= 4 is 5.97 Å². The molecule has 1 aliphatic heterocycles. The van der Waals surface area contributed by atoms with Crippen LogP contribution >= 0.6 is 0 Å². The fourth-order valence-electron chi connectivity index (χ4n) is 2.37. The number of ether oxygens (including phenoxy) is 5. The van der Waals surface area contributed by atoms with E-state index in [4.69, 9.17) is 23.7 Å². The van der Waals surface area contributed by atoms with Crippen LogP contribution in [0.5, 0.6) is 17.2 Å². The van der Waals surface area contributed by atoms with Gasteiger partial charge in [-0.2, -0.15) is 0 Å². The molecule has 22 heavy (non-hydrogen) atoms. The van der Waals surface area contributed by atoms with Crippen molar-refractivity contribution in [3.05, 3.63) is 17.7 Å². The lowest BCUT2D eigenvalue weighted by molar-refractivity contribution is -0.0301. The fourth-order valence-corrected chi connectivity index (χ4v) is 2.37. The van der Waals surface area contributed by atoms with Crippen molar-refractivity contribution < 1.29 is 28.5 Å². The summed E-state index contributed by atoms with van der Waals surface area (Å²) < 4.78 is 26.5. The van der Waals surface area contributed by atoms with E-state index in [1.807, 2.05) is 0 Å². The van der Waals surface area contributed by atoms with Gasteiger partial charge in [0.25, 0.3) is 0 Å². The largest absolute Gasteiger partial charge is 0.496 e. The first-order chi connectivity index (χ1) is 10.7. The lowest BCUT2D eigenvalue weighted by Gasteiger charge is -2.22. The van der Waals surface area contributed by atoms with Gasteiger partial charge in [0, 0.05) is 18.7 Å². The zero-order valence-electron chi connectivity index (χ0n) is 13.2. The van der Waals surface area contributed by atoms with Gasteiger partial charge in [0.2, 0.25) is 0 Å². The summed E-state index contributed by atoms with van der Waals surface area (Å²) in [5.41, 5.74) is 0.302. The molecule has 2 rings (SSSR count). The van der Waals surface area contributed by atoms with Crippen LogP contribution in [0, 0.1) is 0 Å². The number of methoxy groups -OCH3 is 3. The second-order valence-corrected chi connectivity index (χ2v) is 4.99. The van der Waals surface area contributed by atoms with Gasteiger partial charge >= 0.3 is 5.97 Å². The minimum Gasteiger partial charge on any atom is -0.496 e. The van der Waals surface area contributed by atoms with Gasteiger partial charge in [-0.1, -0.05) is 0 Å². The Bertz CT molecular complexity index is 508. The second-order valence-electron chi connectivity index (χ2n) is 4.99. The minimum atomic E-state index is -0.466. The van der Waals surface area contributed by atoms with Gasteiger partial charge in [0.05, 0.1) is 27.4 Å². The molecular formula is C16H22O6. The maximum absolute atomic E-state index is 12.3. The van der Waals surface area contributed by atoms with Crippen molar-refractivity contribution in [3.8, 4) is 17.2 Å². The van der Waals surface area contributed by atoms with E-state index >= 15 is 0 Å². The molecule has 1 fully saturated rings. The molecule has 6 nitrogen and oxygen atoms in total. The van der Waals surface area contributed by atoms with Gasteiger partial charge in [-0.15, -0.1) is 0 Å². The predicted molar refractivity (Wildman–Crippen MR) is 80.0 cm³/mol. The van der Waals surface area contributed by atoms with Crippen LogP contribution in [0.1, 0.15) is 29.6 Å². The maximum atomic E-state index is 12.3. The molecule has 1 aliphatic rings. The molecule has 6 heteroatoms. The summed E-state index contributed by atoms with van der Waals surface area (Å²) in [6, 6.07) is 3.16. The number of carbonyl (C=O) groups excluding carboxylic acids is 1. The molecule has 0 aromatic heterocycles. The third-order valence-corrected chi connectivity index (χ3v) is 3.60. The molecule has 0 N–H and O–H groups in total. The molecule has 0 amide bonds. The summed E-state index contributed by atoms with van der Waals surface area (Å²) in [6.07, 6.45) is 3.05. The van der Waals surface area contributed by atoms with E-state index in [0.717, 1.165) is 25.9 Å². The van der Waals surface area contributed by atoms with E-state index in [2.05, 4.69) is 0 Å². The Morgan fingerprint density at radius 2 is 1.77 bits per heavy atom. The van der Waals surface area contributed by atoms with Crippen LogP contribution in [0.3, 0.4) is 0 Å². The molecule has 0 unspecified atom stereocenters. The van der Waals surface area contributed by atoms with Gasteiger partial charge in [-0.25, -0.2) is 4.79 Å². The van der Waals surface area contributed by atoms with Crippen molar-refractivity contribution in [2.45, 2.75) is 25.4 Å². The number of hydrogen-bond acceptors (Lipinski definition) is 6. The zero-order chi connectivity index (χ0) is 15.9. The van der Waals surface area contributed by atoms with E-state index in [1.54, 1.807) is 12.1 Å². The molecule has 122 valence electrons. The molecule has 1 saturated heterocycles. The highest BCUT2D eigenvalue weighted by atomic mass is 16.6. The Labute approximate surface area is 130 Å². The van der Waals surface area contributed by atoms with Gasteiger partial charge in [0.1, 0.15) is 17.9 Å². The number of esters is 1. The zero-order valence-corrected chi connectivity index (χ0v) is 13.2. The minimum absolute atomic E-state index is 0.0242. The highest BCUT2D eigenvalue weighted by molar-refractivity contribution is 5.93. The molecule has 0 bridgehead atoms. The van der Waals surface area contributed by atoms with Crippen molar-refractivity contribution in [1.29, 1.82) is 0 Å². The van der Waals surface area contributed by atoms with Crippen LogP contribution in [0.4, 0.5) is 0 Å². The van der Waals surface area contributed by atoms with Crippen molar-refractivity contribution in [2.24, 2.45) is 0 Å². The Morgan fingerprint density at radius 1 is 1.09 bits per heavy atom. The van der Waals surface area contributed by atoms with E-state index in [0.29, 0.717) is 22.8 Å². The molecule has 1 aromatic carbocycles. The van der Waals surface area contributed by atoms with E-state index in [-0.39, 0.29) is 12.7 Å². The number of carbonyl (C=O) groups is 1. The Kier molecular flexibility index (Phi) is 5.89. The fraction of sp³-hybridized carbons (Fsp3) is 0.562. The summed E-state index contributed by atoms with van der Waals surface area (Å²) >= 11 is 0. The Morgan fingerprint density at radius 3 is 2.36 bits per heavy atom. The van der Waals surface area contributed by atoms with Crippen LogP contribution in [-0.4, -0.2) is 46.6 Å². The highest BCUT2D eigenvalue weighted by Gasteiger charge is 2.21. The number of benzene rings is 1. The van der Waals surface area contributed by atoms with E-state index in [1.165, 1.54) is 21.3 Å². The monoisotopic (exact) mass is 310 g/mol. The van der Waals surface area contributed by atoms with Crippen LogP contribution in [-0.2, 0) is 9.47 Å². The van der Waals surface area contributed by atoms with E-state index < -0.39 is 5.97 Å². The summed E-state index contributed by atoms with van der Waals surface area (Å²) in [4.78, 5) is 12.3. The summed E-state index contributed by atoms with van der Waals surface area (Å²) in [6.45, 7) is 0.970. The molecule has 1 atom stereocenters. The molecule has 0 saturated carbocycles. The van der Waals surface area contributed by atoms with Crippen LogP contribution in [0.15, 0.2) is 12.1 Å². The van der Waals surface area contributed by atoms with Crippen molar-refractivity contribution in [2.75, 3.05) is 34.5 Å². The van der Waals surface area contributed by atoms with Crippen LogP contribution in [0.25, 0.3) is 0 Å². The average Bonchev–Trinajstić information content (AvgIpc) is 2.59. The van der Waals surface area contributed by atoms with Crippen LogP contribution in [0.2, 0.25) is 0 Å². The topological polar surface area (TPSA) is 63.2 Å². The summed E-state index contributed by atoms with van der Waals surface area (Å²) in [5, 5.41) is 0. The molecule has 1 aromatic rings.